The Morgan fingerprint density at radius 1 is 1.38 bits per heavy atom. The molecule has 6 heteroatoms. The molecule has 1 aromatic carbocycles. The minimum Gasteiger partial charge on any atom is -0.421 e. The highest BCUT2D eigenvalue weighted by molar-refractivity contribution is 6.67. The van der Waals surface area contributed by atoms with E-state index in [1.807, 2.05) is 6.08 Å². The summed E-state index contributed by atoms with van der Waals surface area (Å²) in [6.45, 7) is 1.75. The van der Waals surface area contributed by atoms with E-state index in [1.54, 1.807) is 19.1 Å². The highest BCUT2D eigenvalue weighted by atomic mass is 19.1. The number of rotatable bonds is 2. The van der Waals surface area contributed by atoms with Gasteiger partial charge in [-0.1, -0.05) is 18.5 Å². The number of benzene rings is 1. The molecule has 2 aromatic rings. The second kappa shape index (κ2) is 5.53. The summed E-state index contributed by atoms with van der Waals surface area (Å²) in [7, 11) is 0. The van der Waals surface area contributed by atoms with E-state index in [0.717, 1.165) is 18.3 Å². The van der Waals surface area contributed by atoms with Crippen LogP contribution in [-0.2, 0) is 0 Å². The van der Waals surface area contributed by atoms with Crippen LogP contribution in [0.15, 0.2) is 28.7 Å². The first-order valence-electron chi connectivity index (χ1n) is 6.86. The maximum Gasteiger partial charge on any atom is 0.271 e. The first-order valence-corrected chi connectivity index (χ1v) is 6.86. The summed E-state index contributed by atoms with van der Waals surface area (Å²) in [4.78, 5) is 0. The molecule has 0 saturated carbocycles. The Morgan fingerprint density at radius 2 is 2.24 bits per heavy atom. The van der Waals surface area contributed by atoms with Crippen molar-refractivity contribution in [3.05, 3.63) is 41.5 Å². The van der Waals surface area contributed by atoms with Crippen molar-refractivity contribution in [3.63, 3.8) is 0 Å². The van der Waals surface area contributed by atoms with Gasteiger partial charge in [0.1, 0.15) is 5.82 Å². The molecule has 0 fully saturated rings. The number of nitrogens with zero attached hydrogens (tertiary/aromatic N) is 3. The van der Waals surface area contributed by atoms with E-state index < -0.39 is 0 Å². The molecular formula is C15H13BFN3O. The van der Waals surface area contributed by atoms with Crippen LogP contribution in [0.25, 0.3) is 17.0 Å². The highest BCUT2D eigenvalue weighted by Gasteiger charge is 2.20. The first-order chi connectivity index (χ1) is 10.2. The lowest BCUT2D eigenvalue weighted by Crippen LogP contribution is -2.12. The summed E-state index contributed by atoms with van der Waals surface area (Å²) in [6.07, 6.45) is 4.17. The van der Waals surface area contributed by atoms with Gasteiger partial charge in [0.2, 0.25) is 11.8 Å². The molecular weight excluding hydrogens is 268 g/mol. The zero-order chi connectivity index (χ0) is 14.8. The molecule has 0 N–H and O–H groups in total. The standard InChI is InChI=1S/C15H13BFN3O/c1-10-19-20-15(21-10)12-2-3-13(14(17)8-12)11-4-6-16(9-18)7-5-11/h2-4,8H,5-7H2,1H3. The van der Waals surface area contributed by atoms with Crippen molar-refractivity contribution in [2.45, 2.75) is 26.0 Å². The van der Waals surface area contributed by atoms with Crippen molar-refractivity contribution in [3.8, 4) is 17.4 Å². The SMILES string of the molecule is Cc1nnc(-c2ccc(C3=CCB(C#N)CC3)c(F)c2)o1. The Balaban J connectivity index is 1.89. The van der Waals surface area contributed by atoms with Crippen LogP contribution in [0.2, 0.25) is 12.6 Å². The van der Waals surface area contributed by atoms with Gasteiger partial charge in [0.15, 0.2) is 0 Å². The number of aryl methyl sites for hydroxylation is 1. The Labute approximate surface area is 122 Å². The smallest absolute Gasteiger partial charge is 0.271 e. The molecule has 2 heterocycles. The fraction of sp³-hybridized carbons (Fsp3) is 0.267. The van der Waals surface area contributed by atoms with Gasteiger partial charge in [0.25, 0.3) is 6.71 Å². The van der Waals surface area contributed by atoms with E-state index >= 15 is 0 Å². The zero-order valence-corrected chi connectivity index (χ0v) is 11.6. The quantitative estimate of drug-likeness (QED) is 0.790. The van der Waals surface area contributed by atoms with E-state index in [4.69, 9.17) is 9.68 Å². The highest BCUT2D eigenvalue weighted by Crippen LogP contribution is 2.31. The van der Waals surface area contributed by atoms with Gasteiger partial charge in [-0.15, -0.1) is 10.2 Å². The van der Waals surface area contributed by atoms with Crippen LogP contribution in [0.4, 0.5) is 4.39 Å². The molecule has 1 aliphatic heterocycles. The van der Waals surface area contributed by atoms with Crippen LogP contribution in [0.5, 0.6) is 0 Å². The first kappa shape index (κ1) is 13.6. The third-order valence-corrected chi connectivity index (χ3v) is 3.68. The van der Waals surface area contributed by atoms with Crippen LogP contribution in [0.3, 0.4) is 0 Å². The number of aromatic nitrogens is 2. The summed E-state index contributed by atoms with van der Waals surface area (Å²) in [5.41, 5.74) is 2.13. The Hall–Kier alpha value is -2.42. The zero-order valence-electron chi connectivity index (χ0n) is 11.6. The molecule has 0 unspecified atom stereocenters. The van der Waals surface area contributed by atoms with Crippen LogP contribution in [0, 0.1) is 24.0 Å². The molecule has 0 amide bonds. The van der Waals surface area contributed by atoms with Gasteiger partial charge in [-0.05, 0) is 30.4 Å². The predicted octanol–water partition coefficient (Wildman–Crippen LogP) is 3.53. The molecule has 0 aliphatic carbocycles. The molecule has 3 rings (SSSR count). The molecule has 104 valence electrons. The Bertz CT molecular complexity index is 748. The van der Waals surface area contributed by atoms with Gasteiger partial charge in [-0.3, -0.25) is 0 Å². The van der Waals surface area contributed by atoms with Gasteiger partial charge in [0, 0.05) is 24.0 Å². The molecule has 0 spiro atoms. The van der Waals surface area contributed by atoms with Crippen molar-refractivity contribution in [2.75, 3.05) is 0 Å². The van der Waals surface area contributed by atoms with E-state index in [0.29, 0.717) is 29.2 Å². The molecule has 0 bridgehead atoms. The molecule has 0 radical (unpaired) electrons. The van der Waals surface area contributed by atoms with E-state index in [9.17, 15) is 4.39 Å². The topological polar surface area (TPSA) is 62.7 Å². The van der Waals surface area contributed by atoms with Crippen LogP contribution < -0.4 is 0 Å². The number of hydrogen-bond acceptors (Lipinski definition) is 4. The molecule has 4 nitrogen and oxygen atoms in total. The minimum atomic E-state index is -0.301. The third kappa shape index (κ3) is 2.73. The average Bonchev–Trinajstić information content (AvgIpc) is 2.94. The van der Waals surface area contributed by atoms with E-state index in [2.05, 4.69) is 16.2 Å². The number of halogens is 1. The summed E-state index contributed by atoms with van der Waals surface area (Å²) in [5.74, 6) is 2.73. The Kier molecular flexibility index (Phi) is 3.57. The van der Waals surface area contributed by atoms with Crippen molar-refractivity contribution in [1.29, 1.82) is 5.26 Å². The van der Waals surface area contributed by atoms with Gasteiger partial charge in [-0.2, -0.15) is 0 Å². The number of hydrogen-bond donors (Lipinski definition) is 0. The maximum atomic E-state index is 14.3. The maximum absolute atomic E-state index is 14.3. The van der Waals surface area contributed by atoms with Gasteiger partial charge < -0.3 is 4.42 Å². The molecule has 21 heavy (non-hydrogen) atoms. The Morgan fingerprint density at radius 3 is 2.81 bits per heavy atom. The van der Waals surface area contributed by atoms with Crippen molar-refractivity contribution in [2.24, 2.45) is 0 Å². The van der Waals surface area contributed by atoms with Crippen molar-refractivity contribution < 1.29 is 8.81 Å². The van der Waals surface area contributed by atoms with Crippen LogP contribution >= 0.6 is 0 Å². The molecule has 1 aromatic heterocycles. The largest absolute Gasteiger partial charge is 0.421 e. The summed E-state index contributed by atoms with van der Waals surface area (Å²) in [5, 5.41) is 16.5. The second-order valence-electron chi connectivity index (χ2n) is 5.15. The van der Waals surface area contributed by atoms with Crippen LogP contribution in [-0.4, -0.2) is 16.9 Å². The fourth-order valence-electron chi connectivity index (χ4n) is 2.52. The normalized spacial score (nSPS) is 14.7. The van der Waals surface area contributed by atoms with Gasteiger partial charge >= 0.3 is 0 Å². The fourth-order valence-corrected chi connectivity index (χ4v) is 2.52. The molecule has 0 atom stereocenters. The monoisotopic (exact) mass is 281 g/mol. The molecule has 1 aliphatic rings. The molecule has 0 saturated heterocycles. The lowest BCUT2D eigenvalue weighted by molar-refractivity contribution is 0.532. The average molecular weight is 281 g/mol. The lowest BCUT2D eigenvalue weighted by Gasteiger charge is -2.15. The second-order valence-corrected chi connectivity index (χ2v) is 5.15. The minimum absolute atomic E-state index is 0.0532. The summed E-state index contributed by atoms with van der Waals surface area (Å²) < 4.78 is 19.6. The van der Waals surface area contributed by atoms with E-state index in [-0.39, 0.29) is 12.5 Å². The van der Waals surface area contributed by atoms with Gasteiger partial charge in [-0.25, -0.2) is 9.65 Å². The number of allylic oxidation sites excluding steroid dienone is 2. The van der Waals surface area contributed by atoms with Crippen molar-refractivity contribution in [1.82, 2.24) is 10.2 Å². The van der Waals surface area contributed by atoms with Gasteiger partial charge in [0.05, 0.1) is 0 Å². The lowest BCUT2D eigenvalue weighted by atomic mass is 9.43. The summed E-state index contributed by atoms with van der Waals surface area (Å²) in [6, 6.07) is 4.94. The third-order valence-electron chi connectivity index (χ3n) is 3.68. The van der Waals surface area contributed by atoms with E-state index in [1.165, 1.54) is 6.07 Å². The van der Waals surface area contributed by atoms with Crippen molar-refractivity contribution >= 4 is 12.3 Å². The summed E-state index contributed by atoms with van der Waals surface area (Å²) >= 11 is 0. The van der Waals surface area contributed by atoms with Crippen LogP contribution in [0.1, 0.15) is 17.9 Å². The predicted molar refractivity (Wildman–Crippen MR) is 78.0 cm³/mol. The number of nitriles is 1.